The number of benzene rings is 2. The largest absolute Gasteiger partial charge is 0.439 e. The molecule has 1 atom stereocenters. The van der Waals surface area contributed by atoms with Gasteiger partial charge in [-0.05, 0) is 30.7 Å². The zero-order valence-corrected chi connectivity index (χ0v) is 19.0. The van der Waals surface area contributed by atoms with Gasteiger partial charge in [-0.1, -0.05) is 48.9 Å². The molecule has 1 heterocycles. The Morgan fingerprint density at radius 2 is 1.84 bits per heavy atom. The van der Waals surface area contributed by atoms with Crippen LogP contribution < -0.4 is 4.74 Å². The zero-order valence-electron chi connectivity index (χ0n) is 18.3. The molecular weight excluding hydrogens is 414 g/mol. The van der Waals surface area contributed by atoms with Crippen LogP contribution in [-0.2, 0) is 18.3 Å². The number of aryl methyl sites for hydroxylation is 1. The maximum atomic E-state index is 10.3. The van der Waals surface area contributed by atoms with E-state index in [1.54, 1.807) is 23.9 Å². The fraction of sp³-hybridized carbons (Fsp3) is 0.375. The Kier molecular flexibility index (Phi) is 8.49. The number of ether oxygens (including phenoxy) is 2. The highest BCUT2D eigenvalue weighted by atomic mass is 35.5. The van der Waals surface area contributed by atoms with Gasteiger partial charge in [0.2, 0.25) is 5.88 Å². The van der Waals surface area contributed by atoms with Crippen molar-refractivity contribution in [2.75, 3.05) is 26.8 Å². The third-order valence-corrected chi connectivity index (χ3v) is 5.35. The first-order valence-corrected chi connectivity index (χ1v) is 10.8. The Hall–Kier alpha value is -2.38. The standard InChI is InChI=1S/C24H30ClN3O3/c1-4-20(29)16-28(14-15-30-3)17-22-23(18-8-6-5-7-9-18)26-27(2)24(22)31-21-12-10-19(25)11-13-21/h5-13,20,29H,4,14-17H2,1-3H3. The molecule has 0 spiro atoms. The van der Waals surface area contributed by atoms with Crippen LogP contribution in [0.4, 0.5) is 0 Å². The predicted octanol–water partition coefficient (Wildman–Crippen LogP) is 4.75. The van der Waals surface area contributed by atoms with Crippen LogP contribution >= 0.6 is 11.6 Å². The van der Waals surface area contributed by atoms with Gasteiger partial charge in [-0.15, -0.1) is 0 Å². The van der Waals surface area contributed by atoms with Crippen molar-refractivity contribution < 1.29 is 14.6 Å². The maximum absolute atomic E-state index is 10.3. The summed E-state index contributed by atoms with van der Waals surface area (Å²) in [4.78, 5) is 2.18. The molecule has 1 unspecified atom stereocenters. The summed E-state index contributed by atoms with van der Waals surface area (Å²) >= 11 is 6.03. The van der Waals surface area contributed by atoms with Crippen molar-refractivity contribution in [2.45, 2.75) is 26.0 Å². The fourth-order valence-corrected chi connectivity index (χ4v) is 3.50. The first-order valence-electron chi connectivity index (χ1n) is 10.5. The summed E-state index contributed by atoms with van der Waals surface area (Å²) in [5.74, 6) is 1.35. The van der Waals surface area contributed by atoms with Crippen LogP contribution in [0.2, 0.25) is 5.02 Å². The van der Waals surface area contributed by atoms with Crippen molar-refractivity contribution in [2.24, 2.45) is 7.05 Å². The van der Waals surface area contributed by atoms with E-state index in [9.17, 15) is 5.11 Å². The Labute approximate surface area is 189 Å². The summed E-state index contributed by atoms with van der Waals surface area (Å²) in [6, 6.07) is 17.3. The molecule has 31 heavy (non-hydrogen) atoms. The third kappa shape index (κ3) is 6.31. The number of halogens is 1. The van der Waals surface area contributed by atoms with Crippen LogP contribution in [0.25, 0.3) is 11.3 Å². The van der Waals surface area contributed by atoms with Gasteiger partial charge in [0.15, 0.2) is 0 Å². The first-order chi connectivity index (χ1) is 15.0. The number of hydrogen-bond acceptors (Lipinski definition) is 5. The van der Waals surface area contributed by atoms with Crippen molar-refractivity contribution >= 4 is 11.6 Å². The number of methoxy groups -OCH3 is 1. The summed E-state index contributed by atoms with van der Waals surface area (Å²) in [6.45, 7) is 4.36. The van der Waals surface area contributed by atoms with Crippen molar-refractivity contribution in [3.05, 3.63) is 65.2 Å². The number of aromatic nitrogens is 2. The molecule has 0 bridgehead atoms. The zero-order chi connectivity index (χ0) is 22.2. The van der Waals surface area contributed by atoms with Gasteiger partial charge >= 0.3 is 0 Å². The number of nitrogens with zero attached hydrogens (tertiary/aromatic N) is 3. The van der Waals surface area contributed by atoms with Crippen molar-refractivity contribution in [3.8, 4) is 22.9 Å². The minimum Gasteiger partial charge on any atom is -0.439 e. The summed E-state index contributed by atoms with van der Waals surface area (Å²) in [6.07, 6.45) is 0.283. The van der Waals surface area contributed by atoms with Crippen LogP contribution in [0, 0.1) is 0 Å². The molecule has 7 heteroatoms. The van der Waals surface area contributed by atoms with Gasteiger partial charge in [-0.25, -0.2) is 4.68 Å². The molecule has 0 amide bonds. The average molecular weight is 444 g/mol. The quantitative estimate of drug-likeness (QED) is 0.463. The molecule has 1 aromatic heterocycles. The minimum absolute atomic E-state index is 0.408. The smallest absolute Gasteiger partial charge is 0.222 e. The van der Waals surface area contributed by atoms with Gasteiger partial charge in [-0.2, -0.15) is 5.10 Å². The van der Waals surface area contributed by atoms with E-state index in [2.05, 4.69) is 4.90 Å². The third-order valence-electron chi connectivity index (χ3n) is 5.10. The van der Waals surface area contributed by atoms with Gasteiger partial charge < -0.3 is 14.6 Å². The normalized spacial score (nSPS) is 12.3. The number of hydrogen-bond donors (Lipinski definition) is 1. The average Bonchev–Trinajstić information content (AvgIpc) is 3.09. The lowest BCUT2D eigenvalue weighted by Crippen LogP contribution is -2.34. The monoisotopic (exact) mass is 443 g/mol. The van der Waals surface area contributed by atoms with E-state index in [0.717, 1.165) is 16.8 Å². The highest BCUT2D eigenvalue weighted by Gasteiger charge is 2.23. The fourth-order valence-electron chi connectivity index (χ4n) is 3.37. The maximum Gasteiger partial charge on any atom is 0.222 e. The van der Waals surface area contributed by atoms with Crippen LogP contribution in [0.15, 0.2) is 54.6 Å². The summed E-state index contributed by atoms with van der Waals surface area (Å²) in [7, 11) is 3.56. The lowest BCUT2D eigenvalue weighted by molar-refractivity contribution is 0.0827. The van der Waals surface area contributed by atoms with Crippen molar-refractivity contribution in [1.29, 1.82) is 0 Å². The molecule has 0 radical (unpaired) electrons. The molecule has 0 aliphatic rings. The highest BCUT2D eigenvalue weighted by molar-refractivity contribution is 6.30. The number of aliphatic hydroxyl groups is 1. The van der Waals surface area contributed by atoms with Gasteiger partial charge in [-0.3, -0.25) is 4.90 Å². The lowest BCUT2D eigenvalue weighted by Gasteiger charge is -2.25. The molecule has 0 saturated heterocycles. The molecule has 6 nitrogen and oxygen atoms in total. The number of aliphatic hydroxyl groups excluding tert-OH is 1. The topological polar surface area (TPSA) is 59.8 Å². The first kappa shape index (κ1) is 23.3. The van der Waals surface area contributed by atoms with Gasteiger partial charge in [0, 0.05) is 44.4 Å². The summed E-state index contributed by atoms with van der Waals surface area (Å²) in [5.41, 5.74) is 2.84. The summed E-state index contributed by atoms with van der Waals surface area (Å²) in [5, 5.41) is 15.7. The molecule has 0 aliphatic carbocycles. The van der Waals surface area contributed by atoms with Crippen LogP contribution in [-0.4, -0.2) is 52.7 Å². The Bertz CT molecular complexity index is 945. The van der Waals surface area contributed by atoms with Gasteiger partial charge in [0.1, 0.15) is 11.4 Å². The van der Waals surface area contributed by atoms with Gasteiger partial charge in [0.05, 0.1) is 18.3 Å². The summed E-state index contributed by atoms with van der Waals surface area (Å²) < 4.78 is 13.3. The SMILES string of the molecule is CCC(O)CN(CCOC)Cc1c(-c2ccccc2)nn(C)c1Oc1ccc(Cl)cc1. The molecule has 2 aromatic carbocycles. The second-order valence-electron chi connectivity index (χ2n) is 7.47. The molecule has 3 aromatic rings. The van der Waals surface area contributed by atoms with E-state index in [1.165, 1.54) is 0 Å². The molecular formula is C24H30ClN3O3. The predicted molar refractivity (Wildman–Crippen MR) is 124 cm³/mol. The molecule has 1 N–H and O–H groups in total. The van der Waals surface area contributed by atoms with E-state index in [4.69, 9.17) is 26.2 Å². The van der Waals surface area contributed by atoms with E-state index in [-0.39, 0.29) is 0 Å². The Balaban J connectivity index is 1.99. The van der Waals surface area contributed by atoms with Crippen LogP contribution in [0.5, 0.6) is 11.6 Å². The molecule has 3 rings (SSSR count). The van der Waals surface area contributed by atoms with E-state index in [0.29, 0.717) is 49.3 Å². The van der Waals surface area contributed by atoms with E-state index >= 15 is 0 Å². The van der Waals surface area contributed by atoms with Crippen LogP contribution in [0.3, 0.4) is 0 Å². The van der Waals surface area contributed by atoms with Crippen molar-refractivity contribution in [3.63, 3.8) is 0 Å². The Morgan fingerprint density at radius 1 is 1.13 bits per heavy atom. The van der Waals surface area contributed by atoms with E-state index in [1.807, 2.05) is 56.4 Å². The lowest BCUT2D eigenvalue weighted by atomic mass is 10.1. The van der Waals surface area contributed by atoms with E-state index < -0.39 is 6.10 Å². The van der Waals surface area contributed by atoms with Crippen molar-refractivity contribution in [1.82, 2.24) is 14.7 Å². The number of rotatable bonds is 11. The van der Waals surface area contributed by atoms with Gasteiger partial charge in [0.25, 0.3) is 0 Å². The molecule has 0 fully saturated rings. The molecule has 0 saturated carbocycles. The molecule has 0 aliphatic heterocycles. The molecule has 166 valence electrons. The second kappa shape index (κ2) is 11.3. The highest BCUT2D eigenvalue weighted by Crippen LogP contribution is 2.34. The minimum atomic E-state index is -0.408. The van der Waals surface area contributed by atoms with Crippen LogP contribution in [0.1, 0.15) is 18.9 Å². The Morgan fingerprint density at radius 3 is 2.48 bits per heavy atom. The second-order valence-corrected chi connectivity index (χ2v) is 7.90.